The molecule has 2 atom stereocenters. The maximum absolute atomic E-state index is 12.7. The monoisotopic (exact) mass is 394 g/mol. The van der Waals surface area contributed by atoms with Crippen LogP contribution in [0.25, 0.3) is 0 Å². The molecule has 5 nitrogen and oxygen atoms in total. The Hall–Kier alpha value is -1.14. The highest BCUT2D eigenvalue weighted by molar-refractivity contribution is 9.10. The van der Waals surface area contributed by atoms with Gasteiger partial charge in [0.05, 0.1) is 12.7 Å². The second kappa shape index (κ2) is 7.00. The van der Waals surface area contributed by atoms with Crippen molar-refractivity contribution in [1.29, 1.82) is 0 Å². The molecule has 0 spiro atoms. The Balaban J connectivity index is 1.41. The lowest BCUT2D eigenvalue weighted by atomic mass is 10.00. The van der Waals surface area contributed by atoms with Crippen LogP contribution in [0.15, 0.2) is 16.7 Å². The summed E-state index contributed by atoms with van der Waals surface area (Å²) in [5.74, 6) is 1.67. The standard InChI is InChI=1S/C18H23BrN2O3/c19-13-7-15(18(20-9-13)24-10-11-1-2-11)17(22)21-14-5-6-23-16(8-14)12-3-4-12/h7,9,11-12,14,16H,1-6,8,10H2,(H,21,22). The largest absolute Gasteiger partial charge is 0.477 e. The van der Waals surface area contributed by atoms with Crippen LogP contribution in [0.2, 0.25) is 0 Å². The minimum atomic E-state index is -0.101. The summed E-state index contributed by atoms with van der Waals surface area (Å²) in [6, 6.07) is 1.97. The van der Waals surface area contributed by atoms with E-state index in [1.54, 1.807) is 12.3 Å². The van der Waals surface area contributed by atoms with Crippen LogP contribution in [0.5, 0.6) is 5.88 Å². The van der Waals surface area contributed by atoms with Gasteiger partial charge in [0.1, 0.15) is 5.56 Å². The van der Waals surface area contributed by atoms with E-state index in [1.807, 2.05) is 0 Å². The Labute approximate surface area is 150 Å². The number of carbonyl (C=O) groups excluding carboxylic acids is 1. The first-order valence-electron chi connectivity index (χ1n) is 8.90. The number of hydrogen-bond acceptors (Lipinski definition) is 4. The van der Waals surface area contributed by atoms with E-state index in [2.05, 4.69) is 26.2 Å². The van der Waals surface area contributed by atoms with Crippen LogP contribution >= 0.6 is 15.9 Å². The number of pyridine rings is 1. The van der Waals surface area contributed by atoms with Crippen LogP contribution < -0.4 is 10.1 Å². The van der Waals surface area contributed by atoms with Gasteiger partial charge < -0.3 is 14.8 Å². The van der Waals surface area contributed by atoms with Crippen molar-refractivity contribution in [2.45, 2.75) is 50.7 Å². The molecule has 2 aliphatic carbocycles. The van der Waals surface area contributed by atoms with Crippen molar-refractivity contribution >= 4 is 21.8 Å². The first kappa shape index (κ1) is 16.3. The average molecular weight is 395 g/mol. The van der Waals surface area contributed by atoms with Gasteiger partial charge in [-0.1, -0.05) is 0 Å². The van der Waals surface area contributed by atoms with Gasteiger partial charge in [0.15, 0.2) is 0 Å². The summed E-state index contributed by atoms with van der Waals surface area (Å²) in [6.07, 6.45) is 8.72. The SMILES string of the molecule is O=C(NC1CCOC(C2CC2)C1)c1cc(Br)cnc1OCC1CC1. The third-order valence-electron chi connectivity index (χ3n) is 5.01. The zero-order valence-corrected chi connectivity index (χ0v) is 15.3. The fourth-order valence-electron chi connectivity index (χ4n) is 3.20. The molecule has 1 aliphatic heterocycles. The van der Waals surface area contributed by atoms with E-state index >= 15 is 0 Å². The highest BCUT2D eigenvalue weighted by Gasteiger charge is 2.36. The molecule has 0 radical (unpaired) electrons. The van der Waals surface area contributed by atoms with Crippen LogP contribution in [0.1, 0.15) is 48.9 Å². The molecule has 2 unspecified atom stereocenters. The van der Waals surface area contributed by atoms with Crippen molar-refractivity contribution < 1.29 is 14.3 Å². The fourth-order valence-corrected chi connectivity index (χ4v) is 3.54. The van der Waals surface area contributed by atoms with Gasteiger partial charge in [-0.05, 0) is 72.4 Å². The molecular formula is C18H23BrN2O3. The van der Waals surface area contributed by atoms with Crippen LogP contribution in [-0.2, 0) is 4.74 Å². The van der Waals surface area contributed by atoms with Crippen LogP contribution in [0, 0.1) is 11.8 Å². The number of ether oxygens (including phenoxy) is 2. The molecule has 1 saturated heterocycles. The minimum absolute atomic E-state index is 0.101. The maximum Gasteiger partial charge on any atom is 0.257 e. The molecule has 0 bridgehead atoms. The van der Waals surface area contributed by atoms with E-state index in [-0.39, 0.29) is 11.9 Å². The van der Waals surface area contributed by atoms with Crippen LogP contribution in [0.4, 0.5) is 0 Å². The lowest BCUT2D eigenvalue weighted by molar-refractivity contribution is -0.0102. The quantitative estimate of drug-likeness (QED) is 0.803. The molecule has 130 valence electrons. The van der Waals surface area contributed by atoms with Gasteiger partial charge in [-0.25, -0.2) is 4.98 Å². The molecule has 2 saturated carbocycles. The van der Waals surface area contributed by atoms with Crippen molar-refractivity contribution in [1.82, 2.24) is 10.3 Å². The normalized spacial score (nSPS) is 26.9. The summed E-state index contributed by atoms with van der Waals surface area (Å²) in [5, 5.41) is 3.16. The van der Waals surface area contributed by atoms with E-state index in [0.29, 0.717) is 36.0 Å². The van der Waals surface area contributed by atoms with E-state index in [9.17, 15) is 4.79 Å². The van der Waals surface area contributed by atoms with Gasteiger partial charge in [-0.3, -0.25) is 4.79 Å². The molecule has 1 aromatic rings. The molecule has 0 aromatic carbocycles. The first-order chi connectivity index (χ1) is 11.7. The smallest absolute Gasteiger partial charge is 0.257 e. The number of hydrogen-bond donors (Lipinski definition) is 1. The number of carbonyl (C=O) groups is 1. The van der Waals surface area contributed by atoms with Gasteiger partial charge in [0.2, 0.25) is 5.88 Å². The number of aromatic nitrogens is 1. The zero-order valence-electron chi connectivity index (χ0n) is 13.7. The van der Waals surface area contributed by atoms with E-state index in [4.69, 9.17) is 9.47 Å². The first-order valence-corrected chi connectivity index (χ1v) is 9.69. The molecule has 1 amide bonds. The summed E-state index contributed by atoms with van der Waals surface area (Å²) >= 11 is 3.40. The van der Waals surface area contributed by atoms with Gasteiger partial charge in [-0.2, -0.15) is 0 Å². The Kier molecular flexibility index (Phi) is 4.77. The molecule has 4 rings (SSSR count). The van der Waals surface area contributed by atoms with E-state index < -0.39 is 0 Å². The molecule has 6 heteroatoms. The Morgan fingerprint density at radius 1 is 1.33 bits per heavy atom. The summed E-state index contributed by atoms with van der Waals surface area (Å²) in [4.78, 5) is 17.0. The third-order valence-corrected chi connectivity index (χ3v) is 5.45. The third kappa shape index (κ3) is 4.09. The summed E-state index contributed by atoms with van der Waals surface area (Å²) in [6.45, 7) is 1.38. The van der Waals surface area contributed by atoms with E-state index in [0.717, 1.165) is 23.9 Å². The van der Waals surface area contributed by atoms with Gasteiger partial charge in [-0.15, -0.1) is 0 Å². The Morgan fingerprint density at radius 2 is 2.17 bits per heavy atom. The molecule has 3 fully saturated rings. The molecule has 24 heavy (non-hydrogen) atoms. The highest BCUT2D eigenvalue weighted by atomic mass is 79.9. The number of rotatable bonds is 6. The highest BCUT2D eigenvalue weighted by Crippen LogP contribution is 2.38. The lowest BCUT2D eigenvalue weighted by Gasteiger charge is -2.30. The topological polar surface area (TPSA) is 60.5 Å². The molecule has 1 aromatic heterocycles. The van der Waals surface area contributed by atoms with Crippen molar-refractivity contribution in [2.75, 3.05) is 13.2 Å². The second-order valence-corrected chi connectivity index (χ2v) is 8.12. The molecule has 2 heterocycles. The average Bonchev–Trinajstić information content (AvgIpc) is 3.48. The zero-order chi connectivity index (χ0) is 16.5. The van der Waals surface area contributed by atoms with Crippen molar-refractivity contribution in [2.24, 2.45) is 11.8 Å². The van der Waals surface area contributed by atoms with Crippen LogP contribution in [0.3, 0.4) is 0 Å². The van der Waals surface area contributed by atoms with Gasteiger partial charge >= 0.3 is 0 Å². The number of amides is 1. The summed E-state index contributed by atoms with van der Waals surface area (Å²) in [5.41, 5.74) is 0.513. The predicted octanol–water partition coefficient (Wildman–Crippen LogP) is 3.32. The lowest BCUT2D eigenvalue weighted by Crippen LogP contribution is -2.42. The van der Waals surface area contributed by atoms with Crippen molar-refractivity contribution in [3.8, 4) is 5.88 Å². The summed E-state index contributed by atoms with van der Waals surface area (Å²) < 4.78 is 12.4. The maximum atomic E-state index is 12.7. The Bertz CT molecular complexity index is 616. The molecule has 1 N–H and O–H groups in total. The van der Waals surface area contributed by atoms with Crippen LogP contribution in [-0.4, -0.2) is 36.3 Å². The summed E-state index contributed by atoms with van der Waals surface area (Å²) in [7, 11) is 0. The molecule has 3 aliphatic rings. The van der Waals surface area contributed by atoms with Gasteiger partial charge in [0.25, 0.3) is 5.91 Å². The molecular weight excluding hydrogens is 372 g/mol. The van der Waals surface area contributed by atoms with Gasteiger partial charge in [0, 0.05) is 23.3 Å². The van der Waals surface area contributed by atoms with Crippen molar-refractivity contribution in [3.63, 3.8) is 0 Å². The predicted molar refractivity (Wildman–Crippen MR) is 93.1 cm³/mol. The minimum Gasteiger partial charge on any atom is -0.477 e. The van der Waals surface area contributed by atoms with Crippen molar-refractivity contribution in [3.05, 3.63) is 22.3 Å². The number of halogens is 1. The Morgan fingerprint density at radius 3 is 2.92 bits per heavy atom. The number of nitrogens with zero attached hydrogens (tertiary/aromatic N) is 1. The van der Waals surface area contributed by atoms with E-state index in [1.165, 1.54) is 25.7 Å². The fraction of sp³-hybridized carbons (Fsp3) is 0.667. The second-order valence-electron chi connectivity index (χ2n) is 7.20. The number of nitrogens with one attached hydrogen (secondary N) is 1.